The molecule has 0 spiro atoms. The SMILES string of the molecule is CC(C)COc1ccc(C(C)Nc2ccccc2Br)cc1. The number of benzene rings is 2. The van der Waals surface area contributed by atoms with Gasteiger partial charge in [0.05, 0.1) is 6.61 Å². The molecule has 0 heterocycles. The number of hydrogen-bond donors (Lipinski definition) is 1. The fraction of sp³-hybridized carbons (Fsp3) is 0.333. The van der Waals surface area contributed by atoms with Crippen molar-refractivity contribution < 1.29 is 4.74 Å². The van der Waals surface area contributed by atoms with Gasteiger partial charge in [0.25, 0.3) is 0 Å². The van der Waals surface area contributed by atoms with E-state index in [2.05, 4.69) is 60.2 Å². The van der Waals surface area contributed by atoms with E-state index in [1.807, 2.05) is 30.3 Å². The summed E-state index contributed by atoms with van der Waals surface area (Å²) in [4.78, 5) is 0. The smallest absolute Gasteiger partial charge is 0.119 e. The number of rotatable bonds is 6. The molecular formula is C18H22BrNO. The molecule has 0 bridgehead atoms. The van der Waals surface area contributed by atoms with Gasteiger partial charge in [-0.1, -0.05) is 38.1 Å². The molecule has 1 N–H and O–H groups in total. The maximum atomic E-state index is 5.71. The molecule has 1 unspecified atom stereocenters. The molecule has 2 nitrogen and oxygen atoms in total. The first-order valence-electron chi connectivity index (χ1n) is 7.30. The van der Waals surface area contributed by atoms with E-state index in [0.717, 1.165) is 22.5 Å². The number of hydrogen-bond acceptors (Lipinski definition) is 2. The lowest BCUT2D eigenvalue weighted by atomic mass is 10.1. The molecule has 0 aromatic heterocycles. The van der Waals surface area contributed by atoms with E-state index in [-0.39, 0.29) is 6.04 Å². The van der Waals surface area contributed by atoms with Crippen LogP contribution < -0.4 is 10.1 Å². The third kappa shape index (κ3) is 4.78. The summed E-state index contributed by atoms with van der Waals surface area (Å²) in [7, 11) is 0. The molecule has 3 heteroatoms. The summed E-state index contributed by atoms with van der Waals surface area (Å²) in [6, 6.07) is 16.7. The topological polar surface area (TPSA) is 21.3 Å². The lowest BCUT2D eigenvalue weighted by Gasteiger charge is -2.17. The van der Waals surface area contributed by atoms with Crippen LogP contribution in [0.5, 0.6) is 5.75 Å². The van der Waals surface area contributed by atoms with E-state index in [1.165, 1.54) is 5.56 Å². The molecule has 0 radical (unpaired) electrons. The third-order valence-electron chi connectivity index (χ3n) is 3.21. The van der Waals surface area contributed by atoms with Crippen LogP contribution in [-0.4, -0.2) is 6.61 Å². The highest BCUT2D eigenvalue weighted by molar-refractivity contribution is 9.10. The second-order valence-electron chi connectivity index (χ2n) is 5.62. The second-order valence-corrected chi connectivity index (χ2v) is 6.47. The highest BCUT2D eigenvalue weighted by Crippen LogP contribution is 2.27. The molecule has 21 heavy (non-hydrogen) atoms. The molecule has 1 atom stereocenters. The summed E-state index contributed by atoms with van der Waals surface area (Å²) in [5.74, 6) is 1.47. The van der Waals surface area contributed by atoms with Gasteiger partial charge < -0.3 is 10.1 Å². The van der Waals surface area contributed by atoms with Crippen LogP contribution in [0.15, 0.2) is 53.0 Å². The lowest BCUT2D eigenvalue weighted by Crippen LogP contribution is -2.07. The van der Waals surface area contributed by atoms with Gasteiger partial charge in [-0.25, -0.2) is 0 Å². The first-order chi connectivity index (χ1) is 10.1. The standard InChI is InChI=1S/C18H22BrNO/c1-13(2)12-21-16-10-8-15(9-11-16)14(3)20-18-7-5-4-6-17(18)19/h4-11,13-14,20H,12H2,1-3H3. The van der Waals surface area contributed by atoms with Crippen LogP contribution in [0.1, 0.15) is 32.4 Å². The van der Waals surface area contributed by atoms with E-state index < -0.39 is 0 Å². The second kappa shape index (κ2) is 7.51. The van der Waals surface area contributed by atoms with Gasteiger partial charge in [0, 0.05) is 16.2 Å². The van der Waals surface area contributed by atoms with Crippen molar-refractivity contribution >= 4 is 21.6 Å². The first kappa shape index (κ1) is 15.9. The Morgan fingerprint density at radius 3 is 2.29 bits per heavy atom. The quantitative estimate of drug-likeness (QED) is 0.728. The van der Waals surface area contributed by atoms with E-state index >= 15 is 0 Å². The van der Waals surface area contributed by atoms with Gasteiger partial charge in [-0.2, -0.15) is 0 Å². The Labute approximate surface area is 135 Å². The molecule has 2 aromatic carbocycles. The Kier molecular flexibility index (Phi) is 5.68. The molecule has 112 valence electrons. The van der Waals surface area contributed by atoms with Crippen molar-refractivity contribution in [3.05, 3.63) is 58.6 Å². The highest BCUT2D eigenvalue weighted by atomic mass is 79.9. The molecular weight excluding hydrogens is 326 g/mol. The third-order valence-corrected chi connectivity index (χ3v) is 3.90. The molecule has 2 aromatic rings. The molecule has 2 rings (SSSR count). The van der Waals surface area contributed by atoms with Crippen LogP contribution in [-0.2, 0) is 0 Å². The molecule has 0 aliphatic heterocycles. The highest BCUT2D eigenvalue weighted by Gasteiger charge is 2.07. The first-order valence-corrected chi connectivity index (χ1v) is 8.09. The normalized spacial score (nSPS) is 12.2. The molecule has 0 fully saturated rings. The Bertz CT molecular complexity index is 566. The zero-order valence-corrected chi connectivity index (χ0v) is 14.4. The van der Waals surface area contributed by atoms with Crippen molar-refractivity contribution in [2.24, 2.45) is 5.92 Å². The molecule has 0 aliphatic carbocycles. The Hall–Kier alpha value is -1.48. The summed E-state index contributed by atoms with van der Waals surface area (Å²) in [5, 5.41) is 3.51. The number of nitrogens with one attached hydrogen (secondary N) is 1. The lowest BCUT2D eigenvalue weighted by molar-refractivity contribution is 0.271. The van der Waals surface area contributed by atoms with Gasteiger partial charge in [-0.3, -0.25) is 0 Å². The molecule has 0 saturated heterocycles. The minimum atomic E-state index is 0.239. The fourth-order valence-corrected chi connectivity index (χ4v) is 2.41. The number of anilines is 1. The van der Waals surface area contributed by atoms with Crippen LogP contribution in [0, 0.1) is 5.92 Å². The summed E-state index contributed by atoms with van der Waals surface area (Å²) in [6.45, 7) is 7.21. The van der Waals surface area contributed by atoms with Crippen molar-refractivity contribution in [2.45, 2.75) is 26.8 Å². The van der Waals surface area contributed by atoms with Gasteiger partial charge >= 0.3 is 0 Å². The monoisotopic (exact) mass is 347 g/mol. The van der Waals surface area contributed by atoms with Crippen LogP contribution in [0.2, 0.25) is 0 Å². The van der Waals surface area contributed by atoms with Gasteiger partial charge in [0.1, 0.15) is 5.75 Å². The zero-order chi connectivity index (χ0) is 15.2. The Morgan fingerprint density at radius 1 is 1.00 bits per heavy atom. The predicted molar refractivity (Wildman–Crippen MR) is 93.0 cm³/mol. The summed E-state index contributed by atoms with van der Waals surface area (Å²) < 4.78 is 6.79. The van der Waals surface area contributed by atoms with Crippen LogP contribution in [0.4, 0.5) is 5.69 Å². The van der Waals surface area contributed by atoms with Gasteiger partial charge in [-0.05, 0) is 58.6 Å². The summed E-state index contributed by atoms with van der Waals surface area (Å²) in [5.41, 5.74) is 2.34. The van der Waals surface area contributed by atoms with E-state index in [0.29, 0.717) is 5.92 Å². The maximum absolute atomic E-state index is 5.71. The average molecular weight is 348 g/mol. The van der Waals surface area contributed by atoms with Crippen molar-refractivity contribution in [1.82, 2.24) is 0 Å². The van der Waals surface area contributed by atoms with Crippen molar-refractivity contribution in [3.8, 4) is 5.75 Å². The van der Waals surface area contributed by atoms with E-state index in [9.17, 15) is 0 Å². The maximum Gasteiger partial charge on any atom is 0.119 e. The summed E-state index contributed by atoms with van der Waals surface area (Å²) in [6.07, 6.45) is 0. The van der Waals surface area contributed by atoms with E-state index in [1.54, 1.807) is 0 Å². The van der Waals surface area contributed by atoms with Crippen molar-refractivity contribution in [1.29, 1.82) is 0 Å². The average Bonchev–Trinajstić information content (AvgIpc) is 2.48. The number of para-hydroxylation sites is 1. The minimum absolute atomic E-state index is 0.239. The Morgan fingerprint density at radius 2 is 1.67 bits per heavy atom. The number of halogens is 1. The van der Waals surface area contributed by atoms with Crippen molar-refractivity contribution in [3.63, 3.8) is 0 Å². The zero-order valence-electron chi connectivity index (χ0n) is 12.8. The van der Waals surface area contributed by atoms with Gasteiger partial charge in [0.2, 0.25) is 0 Å². The van der Waals surface area contributed by atoms with Gasteiger partial charge in [0.15, 0.2) is 0 Å². The van der Waals surface area contributed by atoms with Gasteiger partial charge in [-0.15, -0.1) is 0 Å². The summed E-state index contributed by atoms with van der Waals surface area (Å²) >= 11 is 3.56. The van der Waals surface area contributed by atoms with Crippen LogP contribution in [0.3, 0.4) is 0 Å². The number of ether oxygens (including phenoxy) is 1. The van der Waals surface area contributed by atoms with Crippen LogP contribution >= 0.6 is 15.9 Å². The van der Waals surface area contributed by atoms with Crippen LogP contribution in [0.25, 0.3) is 0 Å². The Balaban J connectivity index is 2.00. The van der Waals surface area contributed by atoms with Crippen molar-refractivity contribution in [2.75, 3.05) is 11.9 Å². The molecule has 0 saturated carbocycles. The minimum Gasteiger partial charge on any atom is -0.493 e. The fourth-order valence-electron chi connectivity index (χ4n) is 2.01. The molecule has 0 amide bonds. The van der Waals surface area contributed by atoms with E-state index in [4.69, 9.17) is 4.74 Å². The predicted octanol–water partition coefficient (Wildman–Crippen LogP) is 5.66. The largest absolute Gasteiger partial charge is 0.493 e. The molecule has 0 aliphatic rings.